The predicted molar refractivity (Wildman–Crippen MR) is 64.7 cm³/mol. The van der Waals surface area contributed by atoms with Gasteiger partial charge in [-0.3, -0.25) is 0 Å². The van der Waals surface area contributed by atoms with E-state index in [2.05, 4.69) is 6.92 Å². The molecule has 0 aliphatic carbocycles. The molecule has 80 valence electrons. The molecular weight excluding hydrogens is 228 g/mol. The molecule has 0 N–H and O–H groups in total. The zero-order valence-electron chi connectivity index (χ0n) is 8.38. The molecule has 0 fully saturated rings. The summed E-state index contributed by atoms with van der Waals surface area (Å²) >= 11 is 0. The molecule has 0 radical (unpaired) electrons. The van der Waals surface area contributed by atoms with Gasteiger partial charge in [-0.1, -0.05) is 21.6 Å². The van der Waals surface area contributed by atoms with Crippen LogP contribution in [0.1, 0.15) is 23.7 Å². The van der Waals surface area contributed by atoms with Crippen LogP contribution in [0.25, 0.3) is 0 Å². The van der Waals surface area contributed by atoms with Crippen LogP contribution in [0, 0.1) is 0 Å². The van der Waals surface area contributed by atoms with E-state index in [0.717, 1.165) is 17.3 Å². The summed E-state index contributed by atoms with van der Waals surface area (Å²) in [6, 6.07) is 7.83. The van der Waals surface area contributed by atoms with Gasteiger partial charge in [-0.05, 0) is 31.2 Å². The minimum Gasteiger partial charge on any atom is -0.468 e. The highest BCUT2D eigenvalue weighted by Crippen LogP contribution is 2.39. The van der Waals surface area contributed by atoms with Crippen LogP contribution in [-0.2, 0) is 5.75 Å². The molecule has 0 spiro atoms. The molecule has 0 aliphatic rings. The van der Waals surface area contributed by atoms with E-state index in [4.69, 9.17) is 8.83 Å². The second-order valence-electron chi connectivity index (χ2n) is 3.10. The third-order valence-corrected chi connectivity index (χ3v) is 4.62. The van der Waals surface area contributed by atoms with Crippen molar-refractivity contribution in [3.8, 4) is 0 Å². The van der Waals surface area contributed by atoms with Gasteiger partial charge >= 0.3 is 0 Å². The molecule has 2 heterocycles. The minimum atomic E-state index is 0.375. The first kappa shape index (κ1) is 10.8. The first-order valence-corrected chi connectivity index (χ1v) is 7.08. The summed E-state index contributed by atoms with van der Waals surface area (Å²) in [5, 5.41) is 0.375. The smallest absolute Gasteiger partial charge is 0.117 e. The average molecular weight is 240 g/mol. The lowest BCUT2D eigenvalue weighted by Gasteiger charge is -2.05. The van der Waals surface area contributed by atoms with Crippen LogP contribution in [0.15, 0.2) is 45.6 Å². The van der Waals surface area contributed by atoms with E-state index in [1.807, 2.05) is 24.3 Å². The Bertz CT molecular complexity index is 367. The van der Waals surface area contributed by atoms with E-state index in [9.17, 15) is 0 Å². The fourth-order valence-corrected chi connectivity index (χ4v) is 3.39. The molecule has 0 bridgehead atoms. The highest BCUT2D eigenvalue weighted by Gasteiger charge is 2.09. The van der Waals surface area contributed by atoms with E-state index in [1.165, 1.54) is 0 Å². The van der Waals surface area contributed by atoms with Crippen LogP contribution in [0.5, 0.6) is 0 Å². The fourth-order valence-electron chi connectivity index (χ4n) is 1.16. The summed E-state index contributed by atoms with van der Waals surface area (Å²) in [6.45, 7) is 2.14. The lowest BCUT2D eigenvalue weighted by atomic mass is 10.4. The van der Waals surface area contributed by atoms with E-state index in [0.29, 0.717) is 5.25 Å². The lowest BCUT2D eigenvalue weighted by molar-refractivity contribution is 0.513. The summed E-state index contributed by atoms with van der Waals surface area (Å²) in [4.78, 5) is 0. The molecule has 0 saturated heterocycles. The Morgan fingerprint density at radius 2 is 2.00 bits per heavy atom. The molecule has 2 aromatic rings. The zero-order valence-corrected chi connectivity index (χ0v) is 10.0. The molecule has 0 aliphatic heterocycles. The summed E-state index contributed by atoms with van der Waals surface area (Å²) < 4.78 is 10.6. The van der Waals surface area contributed by atoms with Crippen LogP contribution in [0.2, 0.25) is 0 Å². The molecule has 2 aromatic heterocycles. The average Bonchev–Trinajstić information content (AvgIpc) is 2.90. The van der Waals surface area contributed by atoms with Crippen molar-refractivity contribution < 1.29 is 8.83 Å². The van der Waals surface area contributed by atoms with Gasteiger partial charge in [0.25, 0.3) is 0 Å². The van der Waals surface area contributed by atoms with Gasteiger partial charge in [0.15, 0.2) is 0 Å². The van der Waals surface area contributed by atoms with E-state index < -0.39 is 0 Å². The topological polar surface area (TPSA) is 26.3 Å². The molecular formula is C11H12O2S2. The SMILES string of the molecule is CC(SSCc1ccco1)c1ccco1. The van der Waals surface area contributed by atoms with Gasteiger partial charge in [0.1, 0.15) is 11.5 Å². The lowest BCUT2D eigenvalue weighted by Crippen LogP contribution is -1.81. The summed E-state index contributed by atoms with van der Waals surface area (Å²) in [5.74, 6) is 2.92. The predicted octanol–water partition coefficient (Wildman–Crippen LogP) is 4.52. The van der Waals surface area contributed by atoms with Crippen molar-refractivity contribution >= 4 is 21.6 Å². The Labute approximate surface area is 96.8 Å². The second-order valence-corrected chi connectivity index (χ2v) is 5.80. The van der Waals surface area contributed by atoms with Gasteiger partial charge in [0.2, 0.25) is 0 Å². The van der Waals surface area contributed by atoms with E-state index in [-0.39, 0.29) is 0 Å². The Kier molecular flexibility index (Phi) is 3.86. The Morgan fingerprint density at radius 3 is 2.67 bits per heavy atom. The summed E-state index contributed by atoms with van der Waals surface area (Å²) in [6.07, 6.45) is 3.42. The van der Waals surface area contributed by atoms with Crippen LogP contribution in [-0.4, -0.2) is 0 Å². The first-order chi connectivity index (χ1) is 7.36. The van der Waals surface area contributed by atoms with E-state index in [1.54, 1.807) is 34.1 Å². The molecule has 2 nitrogen and oxygen atoms in total. The maximum atomic E-state index is 5.33. The van der Waals surface area contributed by atoms with Crippen molar-refractivity contribution in [1.29, 1.82) is 0 Å². The standard InChI is InChI=1S/C11H12O2S2/c1-9(11-5-3-7-13-11)15-14-8-10-4-2-6-12-10/h2-7,9H,8H2,1H3. The van der Waals surface area contributed by atoms with Gasteiger partial charge in [-0.2, -0.15) is 0 Å². The maximum Gasteiger partial charge on any atom is 0.117 e. The van der Waals surface area contributed by atoms with Crippen LogP contribution < -0.4 is 0 Å². The number of furan rings is 2. The largest absolute Gasteiger partial charge is 0.468 e. The van der Waals surface area contributed by atoms with Crippen LogP contribution in [0.3, 0.4) is 0 Å². The monoisotopic (exact) mass is 240 g/mol. The fraction of sp³-hybridized carbons (Fsp3) is 0.273. The molecule has 1 unspecified atom stereocenters. The normalized spacial score (nSPS) is 12.9. The van der Waals surface area contributed by atoms with Crippen molar-refractivity contribution in [1.82, 2.24) is 0 Å². The third kappa shape index (κ3) is 3.11. The maximum absolute atomic E-state index is 5.33. The Balaban J connectivity index is 1.74. The number of hydrogen-bond acceptors (Lipinski definition) is 4. The highest BCUT2D eigenvalue weighted by atomic mass is 33.1. The molecule has 15 heavy (non-hydrogen) atoms. The molecule has 1 atom stereocenters. The molecule has 0 amide bonds. The van der Waals surface area contributed by atoms with Crippen LogP contribution in [0.4, 0.5) is 0 Å². The van der Waals surface area contributed by atoms with Crippen molar-refractivity contribution in [3.63, 3.8) is 0 Å². The second kappa shape index (κ2) is 5.37. The van der Waals surface area contributed by atoms with Gasteiger partial charge in [-0.15, -0.1) is 0 Å². The molecule has 0 aromatic carbocycles. The summed E-state index contributed by atoms with van der Waals surface area (Å²) in [7, 11) is 3.58. The first-order valence-electron chi connectivity index (χ1n) is 4.70. The molecule has 0 saturated carbocycles. The quantitative estimate of drug-likeness (QED) is 0.718. The van der Waals surface area contributed by atoms with E-state index >= 15 is 0 Å². The van der Waals surface area contributed by atoms with Gasteiger partial charge < -0.3 is 8.83 Å². The Hall–Kier alpha value is -0.740. The number of hydrogen-bond donors (Lipinski definition) is 0. The minimum absolute atomic E-state index is 0.375. The van der Waals surface area contributed by atoms with Gasteiger partial charge in [0, 0.05) is 0 Å². The highest BCUT2D eigenvalue weighted by molar-refractivity contribution is 8.76. The number of rotatable bonds is 5. The van der Waals surface area contributed by atoms with Gasteiger partial charge in [0.05, 0.1) is 23.5 Å². The van der Waals surface area contributed by atoms with Gasteiger partial charge in [-0.25, -0.2) is 0 Å². The summed E-state index contributed by atoms with van der Waals surface area (Å²) in [5.41, 5.74) is 0. The van der Waals surface area contributed by atoms with Crippen molar-refractivity contribution in [2.75, 3.05) is 0 Å². The van der Waals surface area contributed by atoms with Crippen molar-refractivity contribution in [3.05, 3.63) is 48.3 Å². The zero-order chi connectivity index (χ0) is 10.5. The van der Waals surface area contributed by atoms with Crippen LogP contribution >= 0.6 is 21.6 Å². The Morgan fingerprint density at radius 1 is 1.20 bits per heavy atom. The van der Waals surface area contributed by atoms with Crippen molar-refractivity contribution in [2.45, 2.75) is 17.9 Å². The molecule has 4 heteroatoms. The van der Waals surface area contributed by atoms with Crippen molar-refractivity contribution in [2.24, 2.45) is 0 Å². The molecule has 2 rings (SSSR count). The third-order valence-electron chi connectivity index (χ3n) is 1.94.